The van der Waals surface area contributed by atoms with E-state index in [-0.39, 0.29) is 18.1 Å². The van der Waals surface area contributed by atoms with Crippen LogP contribution in [0.2, 0.25) is 5.02 Å². The van der Waals surface area contributed by atoms with E-state index in [0.717, 1.165) is 5.56 Å². The largest absolute Gasteiger partial charge is 0.473 e. The lowest BCUT2D eigenvalue weighted by atomic mass is 10.2. The number of amides is 1. The highest BCUT2D eigenvalue weighted by Gasteiger charge is 2.10. The van der Waals surface area contributed by atoms with Crippen LogP contribution in [0.15, 0.2) is 48.5 Å². The van der Waals surface area contributed by atoms with Gasteiger partial charge in [-0.25, -0.2) is 14.0 Å². The second kappa shape index (κ2) is 10.9. The predicted octanol–water partition coefficient (Wildman–Crippen LogP) is 2.71. The van der Waals surface area contributed by atoms with Crippen molar-refractivity contribution in [3.8, 4) is 0 Å². The smallest absolute Gasteiger partial charge is 0.414 e. The summed E-state index contributed by atoms with van der Waals surface area (Å²) in [4.78, 5) is 31.9. The first-order valence-electron chi connectivity index (χ1n) is 7.63. The third-order valence-electron chi connectivity index (χ3n) is 3.14. The van der Waals surface area contributed by atoms with Crippen LogP contribution in [0.3, 0.4) is 0 Å². The van der Waals surface area contributed by atoms with Crippen LogP contribution in [0, 0.1) is 5.82 Å². The van der Waals surface area contributed by atoms with Gasteiger partial charge >= 0.3 is 11.9 Å². The Hall–Kier alpha value is -2.97. The Morgan fingerprint density at radius 1 is 1.04 bits per heavy atom. The van der Waals surface area contributed by atoms with Crippen LogP contribution >= 0.6 is 11.6 Å². The maximum Gasteiger partial charge on any atom is 0.414 e. The van der Waals surface area contributed by atoms with E-state index in [2.05, 4.69) is 5.32 Å². The molecule has 0 bridgehead atoms. The minimum Gasteiger partial charge on any atom is -0.473 e. The highest BCUT2D eigenvalue weighted by atomic mass is 35.5. The number of benzene rings is 2. The molecule has 0 spiro atoms. The molecule has 0 heterocycles. The molecule has 2 aromatic carbocycles. The second-order valence-electron chi connectivity index (χ2n) is 5.40. The second-order valence-corrected chi connectivity index (χ2v) is 5.81. The summed E-state index contributed by atoms with van der Waals surface area (Å²) in [5, 5.41) is 18.0. The first kappa shape index (κ1) is 22.1. The Morgan fingerprint density at radius 2 is 1.59 bits per heavy atom. The van der Waals surface area contributed by atoms with Crippen molar-refractivity contribution in [3.63, 3.8) is 0 Å². The van der Waals surface area contributed by atoms with E-state index in [9.17, 15) is 9.18 Å². The zero-order valence-electron chi connectivity index (χ0n) is 14.4. The molecule has 0 saturated heterocycles. The van der Waals surface area contributed by atoms with E-state index >= 15 is 0 Å². The van der Waals surface area contributed by atoms with Crippen molar-refractivity contribution in [1.29, 1.82) is 0 Å². The first-order chi connectivity index (χ1) is 12.7. The molecule has 0 saturated carbocycles. The average molecular weight is 397 g/mol. The summed E-state index contributed by atoms with van der Waals surface area (Å²) >= 11 is 6.08. The highest BCUT2D eigenvalue weighted by molar-refractivity contribution is 6.31. The topological polar surface area (TPSA) is 107 Å². The van der Waals surface area contributed by atoms with Crippen LogP contribution in [0.5, 0.6) is 0 Å². The molecule has 3 N–H and O–H groups in total. The molecule has 2 rings (SSSR count). The number of nitrogens with one attached hydrogen (secondary N) is 1. The van der Waals surface area contributed by atoms with Crippen molar-refractivity contribution in [1.82, 2.24) is 4.90 Å². The van der Waals surface area contributed by atoms with Crippen molar-refractivity contribution in [2.24, 2.45) is 0 Å². The number of rotatable bonds is 5. The summed E-state index contributed by atoms with van der Waals surface area (Å²) in [6.45, 7) is 0.698. The van der Waals surface area contributed by atoms with Crippen LogP contribution in [0.25, 0.3) is 0 Å². The van der Waals surface area contributed by atoms with Gasteiger partial charge in [-0.15, -0.1) is 0 Å². The van der Waals surface area contributed by atoms with Crippen molar-refractivity contribution < 1.29 is 29.0 Å². The number of hydrogen-bond donors (Lipinski definition) is 3. The molecule has 0 aromatic heterocycles. The summed E-state index contributed by atoms with van der Waals surface area (Å²) in [6, 6.07) is 13.6. The molecular weight excluding hydrogens is 379 g/mol. The average Bonchev–Trinajstić information content (AvgIpc) is 2.59. The molecular formula is C18H18ClFN2O5. The van der Waals surface area contributed by atoms with Crippen LogP contribution in [-0.2, 0) is 20.9 Å². The van der Waals surface area contributed by atoms with Gasteiger partial charge in [-0.2, -0.15) is 0 Å². The summed E-state index contributed by atoms with van der Waals surface area (Å²) in [7, 11) is 1.81. The Bertz CT molecular complexity index is 804. The third-order valence-corrected chi connectivity index (χ3v) is 3.51. The zero-order chi connectivity index (χ0) is 20.4. The molecule has 144 valence electrons. The van der Waals surface area contributed by atoms with E-state index < -0.39 is 17.8 Å². The van der Waals surface area contributed by atoms with Crippen molar-refractivity contribution in [2.45, 2.75) is 6.54 Å². The van der Waals surface area contributed by atoms with Crippen LogP contribution in [0.1, 0.15) is 5.56 Å². The summed E-state index contributed by atoms with van der Waals surface area (Å²) in [6.07, 6.45) is 0. The molecule has 0 unspecified atom stereocenters. The fourth-order valence-corrected chi connectivity index (χ4v) is 2.17. The number of likely N-dealkylation sites (N-methyl/N-ethyl adjacent to an activating group) is 1. The fraction of sp³-hybridized carbons (Fsp3) is 0.167. The van der Waals surface area contributed by atoms with Gasteiger partial charge in [0.1, 0.15) is 5.82 Å². The molecule has 7 nitrogen and oxygen atoms in total. The lowest BCUT2D eigenvalue weighted by molar-refractivity contribution is -0.159. The quantitative estimate of drug-likeness (QED) is 0.671. The zero-order valence-corrected chi connectivity index (χ0v) is 15.1. The Kier molecular flexibility index (Phi) is 8.91. The third kappa shape index (κ3) is 8.30. The number of aliphatic carboxylic acids is 2. The number of carboxylic acid groups (broad SMARTS) is 2. The summed E-state index contributed by atoms with van der Waals surface area (Å²) in [5.41, 5.74) is 1.13. The molecule has 0 radical (unpaired) electrons. The van der Waals surface area contributed by atoms with Gasteiger partial charge in [0.2, 0.25) is 5.91 Å². The number of halogens is 2. The number of nitrogens with zero attached hydrogens (tertiary/aromatic N) is 1. The number of carbonyl (C=O) groups is 3. The van der Waals surface area contributed by atoms with E-state index in [1.807, 2.05) is 36.2 Å². The predicted molar refractivity (Wildman–Crippen MR) is 98.1 cm³/mol. The van der Waals surface area contributed by atoms with Crippen LogP contribution < -0.4 is 5.32 Å². The van der Waals surface area contributed by atoms with Gasteiger partial charge in [0.05, 0.1) is 12.2 Å². The Labute approximate surface area is 160 Å². The number of carboxylic acids is 2. The molecule has 0 aliphatic carbocycles. The normalized spacial score (nSPS) is 9.93. The number of carbonyl (C=O) groups excluding carboxylic acids is 1. The highest BCUT2D eigenvalue weighted by Crippen LogP contribution is 2.16. The standard InChI is InChI=1S/C16H16ClFN2O.C2H2O4/c1-20(10-12-6-2-3-7-13(12)17)11-16(21)19-15-9-5-4-8-14(15)18;3-1(4)2(5)6/h2-9H,10-11H2,1H3,(H,19,21);(H,3,4)(H,5,6). The molecule has 2 aromatic rings. The van der Waals surface area contributed by atoms with Crippen molar-refractivity contribution in [3.05, 3.63) is 64.9 Å². The monoisotopic (exact) mass is 396 g/mol. The Morgan fingerprint density at radius 3 is 2.15 bits per heavy atom. The lowest BCUT2D eigenvalue weighted by Crippen LogP contribution is -2.30. The maximum atomic E-state index is 13.4. The number of anilines is 1. The first-order valence-corrected chi connectivity index (χ1v) is 8.01. The number of hydrogen-bond acceptors (Lipinski definition) is 4. The van der Waals surface area contributed by atoms with E-state index in [4.69, 9.17) is 31.4 Å². The Balaban J connectivity index is 0.000000527. The van der Waals surface area contributed by atoms with Crippen molar-refractivity contribution in [2.75, 3.05) is 18.9 Å². The minimum atomic E-state index is -1.82. The summed E-state index contributed by atoms with van der Waals surface area (Å²) < 4.78 is 13.4. The molecule has 27 heavy (non-hydrogen) atoms. The van der Waals surface area contributed by atoms with Gasteiger partial charge in [-0.3, -0.25) is 9.69 Å². The number of para-hydroxylation sites is 1. The van der Waals surface area contributed by atoms with E-state index in [1.54, 1.807) is 12.1 Å². The molecule has 0 fully saturated rings. The SMILES string of the molecule is CN(CC(=O)Nc1ccccc1F)Cc1ccccc1Cl.O=C(O)C(=O)O. The molecule has 1 amide bonds. The van der Waals surface area contributed by atoms with Gasteiger partial charge in [0, 0.05) is 11.6 Å². The lowest BCUT2D eigenvalue weighted by Gasteiger charge is -2.17. The van der Waals surface area contributed by atoms with E-state index in [1.165, 1.54) is 12.1 Å². The van der Waals surface area contributed by atoms with Gasteiger partial charge in [-0.1, -0.05) is 41.9 Å². The van der Waals surface area contributed by atoms with Crippen LogP contribution in [-0.4, -0.2) is 46.6 Å². The van der Waals surface area contributed by atoms with E-state index in [0.29, 0.717) is 11.6 Å². The minimum absolute atomic E-state index is 0.152. The van der Waals surface area contributed by atoms with Crippen molar-refractivity contribution >= 4 is 35.1 Å². The molecule has 0 atom stereocenters. The van der Waals surface area contributed by atoms with Gasteiger partial charge in [0.15, 0.2) is 0 Å². The van der Waals surface area contributed by atoms with Crippen LogP contribution in [0.4, 0.5) is 10.1 Å². The molecule has 0 aliphatic rings. The maximum absolute atomic E-state index is 13.4. The summed E-state index contributed by atoms with van der Waals surface area (Å²) in [5.74, 6) is -4.36. The fourth-order valence-electron chi connectivity index (χ4n) is 1.97. The van der Waals surface area contributed by atoms with Gasteiger partial charge in [-0.05, 0) is 30.8 Å². The van der Waals surface area contributed by atoms with Gasteiger partial charge < -0.3 is 15.5 Å². The molecule has 0 aliphatic heterocycles. The van der Waals surface area contributed by atoms with Gasteiger partial charge in [0.25, 0.3) is 0 Å². The molecule has 9 heteroatoms.